The summed E-state index contributed by atoms with van der Waals surface area (Å²) in [6.45, 7) is 6.66. The van der Waals surface area contributed by atoms with Gasteiger partial charge in [0.15, 0.2) is 0 Å². The lowest BCUT2D eigenvalue weighted by Gasteiger charge is -2.20. The molecule has 0 bridgehead atoms. The molecule has 102 valence electrons. The van der Waals surface area contributed by atoms with Gasteiger partial charge in [-0.2, -0.15) is 5.10 Å². The lowest BCUT2D eigenvalue weighted by atomic mass is 9.86. The van der Waals surface area contributed by atoms with Gasteiger partial charge in [0.05, 0.1) is 6.20 Å². The molecular weight excluding hydrogens is 234 g/mol. The quantitative estimate of drug-likeness (QED) is 0.918. The number of aryl methyl sites for hydroxylation is 1. The minimum Gasteiger partial charge on any atom is -0.324 e. The van der Waals surface area contributed by atoms with Gasteiger partial charge in [0.2, 0.25) is 0 Å². The Labute approximate surface area is 115 Å². The number of hydrogen-bond donors (Lipinski definition) is 1. The molecule has 1 aromatic heterocycles. The Kier molecular flexibility index (Phi) is 3.76. The first kappa shape index (κ1) is 13.8. The SMILES string of the molecule is Cn1cc(CC(N)c2ccc(C(C)(C)C)cc2)cn1. The van der Waals surface area contributed by atoms with Crippen LogP contribution in [0.3, 0.4) is 0 Å². The van der Waals surface area contributed by atoms with Crippen molar-refractivity contribution in [3.63, 3.8) is 0 Å². The highest BCUT2D eigenvalue weighted by molar-refractivity contribution is 5.29. The van der Waals surface area contributed by atoms with Crippen LogP contribution in [-0.4, -0.2) is 9.78 Å². The maximum Gasteiger partial charge on any atom is 0.0522 e. The van der Waals surface area contributed by atoms with Gasteiger partial charge in [-0.1, -0.05) is 45.0 Å². The van der Waals surface area contributed by atoms with Gasteiger partial charge in [0.25, 0.3) is 0 Å². The number of benzene rings is 1. The maximum atomic E-state index is 6.26. The Morgan fingerprint density at radius 1 is 1.21 bits per heavy atom. The maximum absolute atomic E-state index is 6.26. The van der Waals surface area contributed by atoms with E-state index in [2.05, 4.69) is 50.1 Å². The number of rotatable bonds is 3. The van der Waals surface area contributed by atoms with Crippen LogP contribution in [0.2, 0.25) is 0 Å². The highest BCUT2D eigenvalue weighted by Gasteiger charge is 2.14. The summed E-state index contributed by atoms with van der Waals surface area (Å²) >= 11 is 0. The Bertz CT molecular complexity index is 532. The van der Waals surface area contributed by atoms with E-state index >= 15 is 0 Å². The molecule has 0 spiro atoms. The second-order valence-electron chi connectivity index (χ2n) is 6.20. The Morgan fingerprint density at radius 2 is 1.84 bits per heavy atom. The van der Waals surface area contributed by atoms with Gasteiger partial charge in [-0.05, 0) is 28.5 Å². The largest absolute Gasteiger partial charge is 0.324 e. The fourth-order valence-corrected chi connectivity index (χ4v) is 2.18. The summed E-state index contributed by atoms with van der Waals surface area (Å²) in [5.41, 5.74) is 10.1. The molecular formula is C16H23N3. The van der Waals surface area contributed by atoms with Crippen LogP contribution in [0.5, 0.6) is 0 Å². The Balaban J connectivity index is 2.09. The second kappa shape index (κ2) is 5.17. The van der Waals surface area contributed by atoms with E-state index in [0.29, 0.717) is 0 Å². The zero-order valence-corrected chi connectivity index (χ0v) is 12.2. The van der Waals surface area contributed by atoms with E-state index in [1.807, 2.05) is 24.1 Å². The fraction of sp³-hybridized carbons (Fsp3) is 0.438. The van der Waals surface area contributed by atoms with Crippen LogP contribution in [0.25, 0.3) is 0 Å². The van der Waals surface area contributed by atoms with Crippen molar-refractivity contribution in [3.8, 4) is 0 Å². The molecule has 1 heterocycles. The number of nitrogens with zero attached hydrogens (tertiary/aromatic N) is 2. The smallest absolute Gasteiger partial charge is 0.0522 e. The molecule has 0 saturated carbocycles. The van der Waals surface area contributed by atoms with E-state index in [-0.39, 0.29) is 11.5 Å². The number of aromatic nitrogens is 2. The van der Waals surface area contributed by atoms with Crippen LogP contribution < -0.4 is 5.73 Å². The highest BCUT2D eigenvalue weighted by Crippen LogP contribution is 2.24. The van der Waals surface area contributed by atoms with Crippen LogP contribution in [0.4, 0.5) is 0 Å². The van der Waals surface area contributed by atoms with Crippen molar-refractivity contribution >= 4 is 0 Å². The van der Waals surface area contributed by atoms with Crippen molar-refractivity contribution in [1.29, 1.82) is 0 Å². The summed E-state index contributed by atoms with van der Waals surface area (Å²) in [4.78, 5) is 0. The van der Waals surface area contributed by atoms with Crippen molar-refractivity contribution in [2.24, 2.45) is 12.8 Å². The monoisotopic (exact) mass is 257 g/mol. The van der Waals surface area contributed by atoms with Crippen molar-refractivity contribution in [1.82, 2.24) is 9.78 Å². The first-order valence-electron chi connectivity index (χ1n) is 6.70. The van der Waals surface area contributed by atoms with Gasteiger partial charge in [-0.3, -0.25) is 4.68 Å². The molecule has 0 amide bonds. The lowest BCUT2D eigenvalue weighted by Crippen LogP contribution is -2.15. The first-order chi connectivity index (χ1) is 8.86. The van der Waals surface area contributed by atoms with Crippen LogP contribution in [0.1, 0.15) is 43.5 Å². The van der Waals surface area contributed by atoms with Crippen molar-refractivity contribution < 1.29 is 0 Å². The van der Waals surface area contributed by atoms with E-state index in [1.54, 1.807) is 0 Å². The molecule has 19 heavy (non-hydrogen) atoms. The molecule has 2 N–H and O–H groups in total. The van der Waals surface area contributed by atoms with Gasteiger partial charge in [-0.15, -0.1) is 0 Å². The van der Waals surface area contributed by atoms with Crippen molar-refractivity contribution in [2.75, 3.05) is 0 Å². The Morgan fingerprint density at radius 3 is 2.32 bits per heavy atom. The Hall–Kier alpha value is -1.61. The molecule has 3 heteroatoms. The fourth-order valence-electron chi connectivity index (χ4n) is 2.18. The molecule has 2 aromatic rings. The van der Waals surface area contributed by atoms with Crippen LogP contribution >= 0.6 is 0 Å². The summed E-state index contributed by atoms with van der Waals surface area (Å²) in [5, 5.41) is 4.17. The van der Waals surface area contributed by atoms with Gasteiger partial charge in [0, 0.05) is 19.3 Å². The first-order valence-corrected chi connectivity index (χ1v) is 6.70. The molecule has 1 unspecified atom stereocenters. The van der Waals surface area contributed by atoms with E-state index < -0.39 is 0 Å². The van der Waals surface area contributed by atoms with Crippen molar-refractivity contribution in [2.45, 2.75) is 38.6 Å². The topological polar surface area (TPSA) is 43.8 Å². The number of hydrogen-bond acceptors (Lipinski definition) is 2. The third-order valence-electron chi connectivity index (χ3n) is 3.42. The third kappa shape index (κ3) is 3.44. The van der Waals surface area contributed by atoms with Crippen LogP contribution in [0.15, 0.2) is 36.7 Å². The molecule has 0 saturated heterocycles. The van der Waals surface area contributed by atoms with E-state index in [0.717, 1.165) is 6.42 Å². The highest BCUT2D eigenvalue weighted by atomic mass is 15.2. The normalized spacial score (nSPS) is 13.5. The summed E-state index contributed by atoms with van der Waals surface area (Å²) in [7, 11) is 1.92. The average molecular weight is 257 g/mol. The third-order valence-corrected chi connectivity index (χ3v) is 3.42. The molecule has 0 radical (unpaired) electrons. The predicted molar refractivity (Wildman–Crippen MR) is 79.0 cm³/mol. The van der Waals surface area contributed by atoms with Gasteiger partial charge < -0.3 is 5.73 Å². The molecule has 0 aliphatic carbocycles. The summed E-state index contributed by atoms with van der Waals surface area (Å²) in [5.74, 6) is 0. The number of nitrogens with two attached hydrogens (primary N) is 1. The zero-order valence-electron chi connectivity index (χ0n) is 12.2. The molecule has 1 atom stereocenters. The molecule has 2 rings (SSSR count). The summed E-state index contributed by atoms with van der Waals surface area (Å²) in [6, 6.07) is 8.67. The predicted octanol–water partition coefficient (Wildman–Crippen LogP) is 2.96. The average Bonchev–Trinajstić information content (AvgIpc) is 2.74. The van der Waals surface area contributed by atoms with E-state index in [9.17, 15) is 0 Å². The molecule has 0 aliphatic rings. The lowest BCUT2D eigenvalue weighted by molar-refractivity contribution is 0.589. The van der Waals surface area contributed by atoms with Gasteiger partial charge >= 0.3 is 0 Å². The minimum atomic E-state index is 0.0261. The zero-order chi connectivity index (χ0) is 14.0. The van der Waals surface area contributed by atoms with E-state index in [4.69, 9.17) is 5.73 Å². The van der Waals surface area contributed by atoms with Crippen LogP contribution in [0, 0.1) is 0 Å². The van der Waals surface area contributed by atoms with Crippen LogP contribution in [-0.2, 0) is 18.9 Å². The summed E-state index contributed by atoms with van der Waals surface area (Å²) in [6.07, 6.45) is 4.72. The van der Waals surface area contributed by atoms with E-state index in [1.165, 1.54) is 16.7 Å². The van der Waals surface area contributed by atoms with Gasteiger partial charge in [-0.25, -0.2) is 0 Å². The molecule has 0 fully saturated rings. The molecule has 0 aliphatic heterocycles. The summed E-state index contributed by atoms with van der Waals surface area (Å²) < 4.78 is 1.81. The minimum absolute atomic E-state index is 0.0261. The molecule has 1 aromatic carbocycles. The second-order valence-corrected chi connectivity index (χ2v) is 6.20. The standard InChI is InChI=1S/C16H23N3/c1-16(2,3)14-7-5-13(6-8-14)15(17)9-12-10-18-19(4)11-12/h5-8,10-11,15H,9,17H2,1-4H3. The van der Waals surface area contributed by atoms with Gasteiger partial charge in [0.1, 0.15) is 0 Å². The molecule has 3 nitrogen and oxygen atoms in total. The van der Waals surface area contributed by atoms with Crippen molar-refractivity contribution in [3.05, 3.63) is 53.3 Å².